The molecule has 1 atom stereocenters. The van der Waals surface area contributed by atoms with Crippen molar-refractivity contribution in [2.75, 3.05) is 38.1 Å². The molecule has 0 radical (unpaired) electrons. The van der Waals surface area contributed by atoms with Crippen LogP contribution in [0.15, 0.2) is 24.3 Å². The highest BCUT2D eigenvalue weighted by molar-refractivity contribution is 5.89. The Morgan fingerprint density at radius 3 is 2.86 bits per heavy atom. The second-order valence-electron chi connectivity index (χ2n) is 6.09. The summed E-state index contributed by atoms with van der Waals surface area (Å²) in [6.07, 6.45) is 3.14. The highest BCUT2D eigenvalue weighted by atomic mass is 16.3. The Hall–Kier alpha value is -1.59. The average Bonchev–Trinajstić information content (AvgIpc) is 2.53. The highest BCUT2D eigenvalue weighted by Crippen LogP contribution is 2.16. The van der Waals surface area contributed by atoms with E-state index >= 15 is 0 Å². The summed E-state index contributed by atoms with van der Waals surface area (Å²) in [6.45, 7) is 6.03. The normalized spacial score (nSPS) is 18.9. The summed E-state index contributed by atoms with van der Waals surface area (Å²) in [5.74, 6) is 0.496. The van der Waals surface area contributed by atoms with Gasteiger partial charge in [-0.25, -0.2) is 4.79 Å². The number of aliphatic hydroxyl groups is 1. The molecule has 1 aromatic rings. The van der Waals surface area contributed by atoms with Gasteiger partial charge in [-0.3, -0.25) is 0 Å². The van der Waals surface area contributed by atoms with Crippen LogP contribution in [0.5, 0.6) is 0 Å². The van der Waals surface area contributed by atoms with Gasteiger partial charge in [-0.1, -0.05) is 17.7 Å². The molecule has 0 aromatic heterocycles. The largest absolute Gasteiger partial charge is 0.396 e. The van der Waals surface area contributed by atoms with Gasteiger partial charge >= 0.3 is 6.03 Å². The first kappa shape index (κ1) is 16.8. The molecule has 3 N–H and O–H groups in total. The number of nitrogens with one attached hydrogen (secondary N) is 2. The number of urea groups is 1. The molecule has 2 rings (SSSR count). The quantitative estimate of drug-likeness (QED) is 0.755. The smallest absolute Gasteiger partial charge is 0.319 e. The summed E-state index contributed by atoms with van der Waals surface area (Å²) in [5, 5.41) is 14.7. The van der Waals surface area contributed by atoms with Crippen LogP contribution >= 0.6 is 0 Å². The molecule has 1 unspecified atom stereocenters. The highest BCUT2D eigenvalue weighted by Gasteiger charge is 2.19. The fourth-order valence-corrected chi connectivity index (χ4v) is 2.86. The number of hydrogen-bond donors (Lipinski definition) is 3. The number of aliphatic hydroxyl groups excluding tert-OH is 1. The lowest BCUT2D eigenvalue weighted by Gasteiger charge is -2.32. The van der Waals surface area contributed by atoms with Crippen LogP contribution in [-0.2, 0) is 0 Å². The molecule has 122 valence electrons. The Labute approximate surface area is 132 Å². The van der Waals surface area contributed by atoms with E-state index in [2.05, 4.69) is 15.5 Å². The lowest BCUT2D eigenvalue weighted by Crippen LogP contribution is -2.42. The lowest BCUT2D eigenvalue weighted by molar-refractivity contribution is 0.158. The van der Waals surface area contributed by atoms with Gasteiger partial charge in [0.25, 0.3) is 0 Å². The van der Waals surface area contributed by atoms with Gasteiger partial charge < -0.3 is 20.6 Å². The monoisotopic (exact) mass is 305 g/mol. The Morgan fingerprint density at radius 1 is 1.36 bits per heavy atom. The van der Waals surface area contributed by atoms with E-state index in [1.54, 1.807) is 0 Å². The topological polar surface area (TPSA) is 64.6 Å². The molecular formula is C17H27N3O2. The standard InChI is InChI=1S/C17H27N3O2/c1-14-5-7-16(8-6-14)19-17(22)18-12-15-4-2-9-20(13-15)10-3-11-21/h5-8,15,21H,2-4,9-13H2,1H3,(H2,18,19,22). The first-order valence-corrected chi connectivity index (χ1v) is 8.12. The van der Waals surface area contributed by atoms with Gasteiger partial charge in [-0.2, -0.15) is 0 Å². The number of benzene rings is 1. The summed E-state index contributed by atoms with van der Waals surface area (Å²) in [6, 6.07) is 7.64. The average molecular weight is 305 g/mol. The maximum atomic E-state index is 11.9. The number of piperidine rings is 1. The van der Waals surface area contributed by atoms with Gasteiger partial charge in [0.05, 0.1) is 0 Å². The van der Waals surface area contributed by atoms with Crippen LogP contribution in [0, 0.1) is 12.8 Å². The molecule has 1 aliphatic rings. The van der Waals surface area contributed by atoms with Gasteiger partial charge in [0.15, 0.2) is 0 Å². The molecule has 1 fully saturated rings. The molecule has 2 amide bonds. The molecule has 1 heterocycles. The molecule has 1 aromatic carbocycles. The van der Waals surface area contributed by atoms with Crippen molar-refractivity contribution >= 4 is 11.7 Å². The number of rotatable bonds is 6. The van der Waals surface area contributed by atoms with Crippen LogP contribution < -0.4 is 10.6 Å². The molecule has 5 nitrogen and oxygen atoms in total. The van der Waals surface area contributed by atoms with Crippen LogP contribution in [0.25, 0.3) is 0 Å². The molecule has 0 aliphatic carbocycles. The Morgan fingerprint density at radius 2 is 2.14 bits per heavy atom. The van der Waals surface area contributed by atoms with Crippen molar-refractivity contribution in [3.05, 3.63) is 29.8 Å². The van der Waals surface area contributed by atoms with E-state index in [0.29, 0.717) is 12.5 Å². The van der Waals surface area contributed by atoms with E-state index in [-0.39, 0.29) is 12.6 Å². The van der Waals surface area contributed by atoms with Crippen LogP contribution in [0.1, 0.15) is 24.8 Å². The summed E-state index contributed by atoms with van der Waals surface area (Å²) in [7, 11) is 0. The second-order valence-corrected chi connectivity index (χ2v) is 6.09. The minimum atomic E-state index is -0.142. The fourth-order valence-electron chi connectivity index (χ4n) is 2.86. The number of carbonyl (C=O) groups excluding carboxylic acids is 1. The van der Waals surface area contributed by atoms with Crippen molar-refractivity contribution in [1.82, 2.24) is 10.2 Å². The number of hydrogen-bond acceptors (Lipinski definition) is 3. The van der Waals surface area contributed by atoms with Crippen molar-refractivity contribution in [2.24, 2.45) is 5.92 Å². The zero-order valence-corrected chi connectivity index (χ0v) is 13.3. The van der Waals surface area contributed by atoms with Crippen molar-refractivity contribution in [1.29, 1.82) is 0 Å². The van der Waals surface area contributed by atoms with E-state index in [0.717, 1.165) is 44.6 Å². The minimum absolute atomic E-state index is 0.142. The summed E-state index contributed by atoms with van der Waals surface area (Å²) in [5.41, 5.74) is 1.99. The van der Waals surface area contributed by atoms with Crippen molar-refractivity contribution in [3.8, 4) is 0 Å². The predicted octanol–water partition coefficient (Wildman–Crippen LogP) is 2.21. The van der Waals surface area contributed by atoms with Crippen LogP contribution in [0.4, 0.5) is 10.5 Å². The van der Waals surface area contributed by atoms with Gasteiger partial charge in [0.1, 0.15) is 0 Å². The van der Waals surface area contributed by atoms with Crippen LogP contribution in [0.2, 0.25) is 0 Å². The predicted molar refractivity (Wildman–Crippen MR) is 89.1 cm³/mol. The summed E-state index contributed by atoms with van der Waals surface area (Å²) < 4.78 is 0. The van der Waals surface area contributed by atoms with Gasteiger partial charge in [0, 0.05) is 31.9 Å². The molecule has 0 bridgehead atoms. The third kappa shape index (κ3) is 5.66. The van der Waals surface area contributed by atoms with Gasteiger partial charge in [0.2, 0.25) is 0 Å². The van der Waals surface area contributed by atoms with E-state index in [1.807, 2.05) is 31.2 Å². The Balaban J connectivity index is 1.70. The van der Waals surface area contributed by atoms with E-state index < -0.39 is 0 Å². The van der Waals surface area contributed by atoms with Gasteiger partial charge in [-0.15, -0.1) is 0 Å². The number of nitrogens with zero attached hydrogens (tertiary/aromatic N) is 1. The fraction of sp³-hybridized carbons (Fsp3) is 0.588. The van der Waals surface area contributed by atoms with Crippen LogP contribution in [0.3, 0.4) is 0 Å². The number of likely N-dealkylation sites (tertiary alicyclic amines) is 1. The first-order valence-electron chi connectivity index (χ1n) is 8.12. The van der Waals surface area contributed by atoms with Crippen molar-refractivity contribution in [3.63, 3.8) is 0 Å². The Kier molecular flexibility index (Phi) is 6.68. The maximum absolute atomic E-state index is 11.9. The maximum Gasteiger partial charge on any atom is 0.319 e. The van der Waals surface area contributed by atoms with Crippen molar-refractivity contribution in [2.45, 2.75) is 26.2 Å². The molecule has 1 saturated heterocycles. The third-order valence-corrected chi connectivity index (χ3v) is 4.10. The van der Waals surface area contributed by atoms with E-state index in [1.165, 1.54) is 5.56 Å². The molecule has 5 heteroatoms. The van der Waals surface area contributed by atoms with E-state index in [9.17, 15) is 4.79 Å². The van der Waals surface area contributed by atoms with Crippen molar-refractivity contribution < 1.29 is 9.90 Å². The zero-order valence-electron chi connectivity index (χ0n) is 13.3. The summed E-state index contributed by atoms with van der Waals surface area (Å²) >= 11 is 0. The van der Waals surface area contributed by atoms with Crippen LogP contribution in [-0.4, -0.2) is 48.8 Å². The zero-order chi connectivity index (χ0) is 15.8. The third-order valence-electron chi connectivity index (χ3n) is 4.10. The Bertz CT molecular complexity index is 461. The number of anilines is 1. The number of amides is 2. The second kappa shape index (κ2) is 8.76. The lowest BCUT2D eigenvalue weighted by atomic mass is 9.98. The number of carbonyl (C=O) groups is 1. The van der Waals surface area contributed by atoms with Gasteiger partial charge in [-0.05, 0) is 50.8 Å². The molecular weight excluding hydrogens is 278 g/mol. The molecule has 0 spiro atoms. The molecule has 22 heavy (non-hydrogen) atoms. The summed E-state index contributed by atoms with van der Waals surface area (Å²) in [4.78, 5) is 14.3. The minimum Gasteiger partial charge on any atom is -0.396 e. The molecule has 1 aliphatic heterocycles. The molecule has 0 saturated carbocycles. The SMILES string of the molecule is Cc1ccc(NC(=O)NCC2CCCN(CCCO)C2)cc1. The first-order chi connectivity index (χ1) is 10.7. The number of aryl methyl sites for hydroxylation is 1. The van der Waals surface area contributed by atoms with E-state index in [4.69, 9.17) is 5.11 Å².